The average molecular weight is 523 g/mol. The summed E-state index contributed by atoms with van der Waals surface area (Å²) in [5.74, 6) is 0.685. The smallest absolute Gasteiger partial charge is 0.269 e. The number of ether oxygens (including phenoxy) is 2. The summed E-state index contributed by atoms with van der Waals surface area (Å²) in [4.78, 5) is 23.9. The molecule has 0 spiro atoms. The number of nitrogens with one attached hydrogen (secondary N) is 2. The Bertz CT molecular complexity index is 1470. The van der Waals surface area contributed by atoms with Gasteiger partial charge in [0.1, 0.15) is 12.6 Å². The maximum absolute atomic E-state index is 13.4. The monoisotopic (exact) mass is 522 g/mol. The summed E-state index contributed by atoms with van der Waals surface area (Å²) in [5, 5.41) is 26.1. The first-order valence-corrected chi connectivity index (χ1v) is 12.1. The van der Waals surface area contributed by atoms with Crippen molar-refractivity contribution in [2.75, 3.05) is 12.4 Å². The van der Waals surface area contributed by atoms with Crippen molar-refractivity contribution in [2.45, 2.75) is 19.2 Å². The standard InChI is InChI=1S/C30H26N4O5/c1-38-28-17-24(11-16-27(28)39-20-23-5-3-2-4-6-23)29(33-25-12-7-21(18-31)8-13-25)30(35)32-19-22-9-14-26(15-10-22)34(36)37/h2-17,29,33H,19-20H2,1H3,(H,32,35)/t29-/m0/s1. The van der Waals surface area contributed by atoms with Crippen molar-refractivity contribution in [3.63, 3.8) is 0 Å². The molecule has 1 atom stereocenters. The predicted octanol–water partition coefficient (Wildman–Crippen LogP) is 5.52. The Morgan fingerprint density at radius 3 is 2.31 bits per heavy atom. The van der Waals surface area contributed by atoms with Crippen LogP contribution in [0.15, 0.2) is 97.1 Å². The van der Waals surface area contributed by atoms with Gasteiger partial charge in [-0.3, -0.25) is 14.9 Å². The molecule has 4 rings (SSSR count). The van der Waals surface area contributed by atoms with Crippen molar-refractivity contribution >= 4 is 17.3 Å². The van der Waals surface area contributed by atoms with Crippen LogP contribution in [-0.4, -0.2) is 17.9 Å². The van der Waals surface area contributed by atoms with Crippen molar-refractivity contribution < 1.29 is 19.2 Å². The van der Waals surface area contributed by atoms with E-state index in [1.807, 2.05) is 30.3 Å². The highest BCUT2D eigenvalue weighted by atomic mass is 16.6. The van der Waals surface area contributed by atoms with E-state index in [0.29, 0.717) is 40.5 Å². The summed E-state index contributed by atoms with van der Waals surface area (Å²) < 4.78 is 11.5. The molecule has 0 fully saturated rings. The Balaban J connectivity index is 1.55. The lowest BCUT2D eigenvalue weighted by Crippen LogP contribution is -2.33. The van der Waals surface area contributed by atoms with E-state index in [0.717, 1.165) is 5.56 Å². The number of benzene rings is 4. The van der Waals surface area contributed by atoms with Crippen LogP contribution in [0.4, 0.5) is 11.4 Å². The minimum absolute atomic E-state index is 0.0212. The number of methoxy groups -OCH3 is 1. The van der Waals surface area contributed by atoms with E-state index in [1.165, 1.54) is 19.2 Å². The van der Waals surface area contributed by atoms with Gasteiger partial charge in [0.25, 0.3) is 5.69 Å². The second-order valence-electron chi connectivity index (χ2n) is 8.59. The van der Waals surface area contributed by atoms with Gasteiger partial charge in [-0.05, 0) is 53.1 Å². The molecule has 9 heteroatoms. The molecule has 2 N–H and O–H groups in total. The number of anilines is 1. The second kappa shape index (κ2) is 12.7. The van der Waals surface area contributed by atoms with Gasteiger partial charge in [-0.1, -0.05) is 48.5 Å². The summed E-state index contributed by atoms with van der Waals surface area (Å²) in [7, 11) is 1.53. The molecule has 196 valence electrons. The van der Waals surface area contributed by atoms with E-state index in [4.69, 9.17) is 14.7 Å². The molecule has 0 saturated heterocycles. The first-order chi connectivity index (χ1) is 19.0. The lowest BCUT2D eigenvalue weighted by atomic mass is 10.0. The average Bonchev–Trinajstić information content (AvgIpc) is 2.98. The predicted molar refractivity (Wildman–Crippen MR) is 146 cm³/mol. The zero-order valence-corrected chi connectivity index (χ0v) is 21.2. The topological polar surface area (TPSA) is 127 Å². The number of nitro groups is 1. The van der Waals surface area contributed by atoms with Crippen LogP contribution < -0.4 is 20.1 Å². The molecule has 0 aliphatic carbocycles. The molecule has 4 aromatic rings. The van der Waals surface area contributed by atoms with E-state index in [1.54, 1.807) is 54.6 Å². The summed E-state index contributed by atoms with van der Waals surface area (Å²) in [5.41, 5.74) is 3.48. The maximum atomic E-state index is 13.4. The van der Waals surface area contributed by atoms with E-state index in [9.17, 15) is 14.9 Å². The van der Waals surface area contributed by atoms with Crippen molar-refractivity contribution in [2.24, 2.45) is 0 Å². The largest absolute Gasteiger partial charge is 0.493 e. The Morgan fingerprint density at radius 1 is 0.949 bits per heavy atom. The number of non-ortho nitro benzene ring substituents is 1. The van der Waals surface area contributed by atoms with Gasteiger partial charge >= 0.3 is 0 Å². The van der Waals surface area contributed by atoms with Crippen LogP contribution in [0.1, 0.15) is 28.3 Å². The van der Waals surface area contributed by atoms with Crippen LogP contribution in [0.5, 0.6) is 11.5 Å². The second-order valence-corrected chi connectivity index (χ2v) is 8.59. The molecule has 0 radical (unpaired) electrons. The molecule has 0 aliphatic heterocycles. The molecule has 0 aliphatic rings. The summed E-state index contributed by atoms with van der Waals surface area (Å²) >= 11 is 0. The van der Waals surface area contributed by atoms with Gasteiger partial charge in [-0.2, -0.15) is 5.26 Å². The molecule has 0 heterocycles. The van der Waals surface area contributed by atoms with Crippen LogP contribution in [0, 0.1) is 21.4 Å². The third kappa shape index (κ3) is 7.11. The molecule has 0 aromatic heterocycles. The molecular formula is C30H26N4O5. The van der Waals surface area contributed by atoms with E-state index in [-0.39, 0.29) is 18.1 Å². The zero-order chi connectivity index (χ0) is 27.6. The van der Waals surface area contributed by atoms with E-state index in [2.05, 4.69) is 16.7 Å². The van der Waals surface area contributed by atoms with Crippen LogP contribution in [-0.2, 0) is 17.9 Å². The number of amides is 1. The molecule has 0 unspecified atom stereocenters. The van der Waals surface area contributed by atoms with Crippen molar-refractivity contribution in [1.29, 1.82) is 5.26 Å². The molecule has 0 bridgehead atoms. The summed E-state index contributed by atoms with van der Waals surface area (Å²) in [6.45, 7) is 0.539. The fraction of sp³-hybridized carbons (Fsp3) is 0.133. The van der Waals surface area contributed by atoms with Crippen LogP contribution >= 0.6 is 0 Å². The van der Waals surface area contributed by atoms with Gasteiger partial charge in [0.15, 0.2) is 11.5 Å². The minimum Gasteiger partial charge on any atom is -0.493 e. The van der Waals surface area contributed by atoms with Crippen LogP contribution in [0.2, 0.25) is 0 Å². The van der Waals surface area contributed by atoms with Crippen molar-refractivity contribution in [1.82, 2.24) is 5.32 Å². The highest BCUT2D eigenvalue weighted by Gasteiger charge is 2.22. The maximum Gasteiger partial charge on any atom is 0.269 e. The number of hydrogen-bond acceptors (Lipinski definition) is 7. The quantitative estimate of drug-likeness (QED) is 0.196. The minimum atomic E-state index is -0.812. The number of nitriles is 1. The molecule has 1 amide bonds. The van der Waals surface area contributed by atoms with Crippen LogP contribution in [0.25, 0.3) is 0 Å². The van der Waals surface area contributed by atoms with Gasteiger partial charge in [0, 0.05) is 24.4 Å². The Hall–Kier alpha value is -5.36. The van der Waals surface area contributed by atoms with Crippen molar-refractivity contribution in [3.8, 4) is 17.6 Å². The fourth-order valence-corrected chi connectivity index (χ4v) is 3.85. The number of nitrogens with zero attached hydrogens (tertiary/aromatic N) is 2. The van der Waals surface area contributed by atoms with Crippen molar-refractivity contribution in [3.05, 3.63) is 129 Å². The summed E-state index contributed by atoms with van der Waals surface area (Å²) in [6.07, 6.45) is 0. The van der Waals surface area contributed by atoms with E-state index < -0.39 is 11.0 Å². The van der Waals surface area contributed by atoms with Gasteiger partial charge < -0.3 is 20.1 Å². The molecule has 9 nitrogen and oxygen atoms in total. The number of hydrogen-bond donors (Lipinski definition) is 2. The Kier molecular flexibility index (Phi) is 8.72. The molecule has 4 aromatic carbocycles. The number of carbonyl (C=O) groups excluding carboxylic acids is 1. The Morgan fingerprint density at radius 2 is 1.67 bits per heavy atom. The molecular weight excluding hydrogens is 496 g/mol. The number of nitro benzene ring substituents is 1. The lowest BCUT2D eigenvalue weighted by molar-refractivity contribution is -0.384. The van der Waals surface area contributed by atoms with Gasteiger partial charge in [0.2, 0.25) is 5.91 Å². The first kappa shape index (κ1) is 26.7. The van der Waals surface area contributed by atoms with Crippen LogP contribution in [0.3, 0.4) is 0 Å². The SMILES string of the molecule is COc1cc([C@H](Nc2ccc(C#N)cc2)C(=O)NCc2ccc([N+](=O)[O-])cc2)ccc1OCc1ccccc1. The number of rotatable bonds is 11. The Labute approximate surface area is 225 Å². The zero-order valence-electron chi connectivity index (χ0n) is 21.2. The fourth-order valence-electron chi connectivity index (χ4n) is 3.85. The highest BCUT2D eigenvalue weighted by Crippen LogP contribution is 2.32. The highest BCUT2D eigenvalue weighted by molar-refractivity contribution is 5.86. The third-order valence-corrected chi connectivity index (χ3v) is 5.96. The summed E-state index contributed by atoms with van der Waals surface area (Å²) in [6, 6.07) is 29.1. The van der Waals surface area contributed by atoms with Gasteiger partial charge in [-0.15, -0.1) is 0 Å². The lowest BCUT2D eigenvalue weighted by Gasteiger charge is -2.21. The van der Waals surface area contributed by atoms with Gasteiger partial charge in [0.05, 0.1) is 23.7 Å². The third-order valence-electron chi connectivity index (χ3n) is 5.96. The molecule has 0 saturated carbocycles. The van der Waals surface area contributed by atoms with Gasteiger partial charge in [-0.25, -0.2) is 0 Å². The normalized spacial score (nSPS) is 11.1. The molecule has 39 heavy (non-hydrogen) atoms. The number of carbonyl (C=O) groups is 1. The first-order valence-electron chi connectivity index (χ1n) is 12.1. The van der Waals surface area contributed by atoms with E-state index >= 15 is 0 Å².